The van der Waals surface area contributed by atoms with Gasteiger partial charge in [0.05, 0.1) is 0 Å². The molecule has 124 valence electrons. The van der Waals surface area contributed by atoms with Crippen molar-refractivity contribution >= 4 is 23.1 Å². The van der Waals surface area contributed by atoms with Crippen LogP contribution >= 0.6 is 0 Å². The molecule has 0 N–H and O–H groups in total. The van der Waals surface area contributed by atoms with E-state index in [4.69, 9.17) is 0 Å². The number of rotatable bonds is 2. The summed E-state index contributed by atoms with van der Waals surface area (Å²) >= 11 is 0. The summed E-state index contributed by atoms with van der Waals surface area (Å²) in [6.45, 7) is 0. The molecular weight excluding hydrogens is 314 g/mol. The first-order chi connectivity index (χ1) is 12.8. The number of nitrogens with zero attached hydrogens (tertiary/aromatic N) is 1. The minimum Gasteiger partial charge on any atom is -0.195 e. The van der Waals surface area contributed by atoms with Crippen molar-refractivity contribution in [2.45, 2.75) is 6.42 Å². The van der Waals surface area contributed by atoms with Crippen molar-refractivity contribution in [3.05, 3.63) is 101 Å². The molecule has 1 heterocycles. The fourth-order valence-electron chi connectivity index (χ4n) is 3.98. The third-order valence-electron chi connectivity index (χ3n) is 5.38. The van der Waals surface area contributed by atoms with Gasteiger partial charge in [0, 0.05) is 23.6 Å². The normalized spacial score (nSPS) is 12.5. The maximum atomic E-state index is 2.33. The summed E-state index contributed by atoms with van der Waals surface area (Å²) in [6, 6.07) is 28.4. The predicted molar refractivity (Wildman–Crippen MR) is 109 cm³/mol. The lowest BCUT2D eigenvalue weighted by Gasteiger charge is -2.02. The first-order valence-electron chi connectivity index (χ1n) is 9.07. The number of hydrogen-bond acceptors (Lipinski definition) is 0. The molecule has 0 unspecified atom stereocenters. The summed E-state index contributed by atoms with van der Waals surface area (Å²) in [4.78, 5) is 0. The van der Waals surface area contributed by atoms with Crippen molar-refractivity contribution in [2.24, 2.45) is 7.05 Å². The molecule has 1 nitrogen and oxygen atoms in total. The van der Waals surface area contributed by atoms with Gasteiger partial charge in [-0.05, 0) is 52.4 Å². The molecule has 3 aromatic carbocycles. The zero-order chi connectivity index (χ0) is 17.5. The quantitative estimate of drug-likeness (QED) is 0.380. The minimum atomic E-state index is 1.04. The van der Waals surface area contributed by atoms with Gasteiger partial charge in [0.15, 0.2) is 0 Å². The molecule has 0 radical (unpaired) electrons. The highest BCUT2D eigenvalue weighted by Crippen LogP contribution is 2.36. The van der Waals surface area contributed by atoms with Gasteiger partial charge in [-0.25, -0.2) is 0 Å². The Morgan fingerprint density at radius 2 is 1.54 bits per heavy atom. The van der Waals surface area contributed by atoms with Crippen LogP contribution in [0.3, 0.4) is 0 Å². The monoisotopic (exact) mass is 334 g/mol. The second-order valence-corrected chi connectivity index (χ2v) is 6.96. The highest BCUT2D eigenvalue weighted by Gasteiger charge is 2.17. The van der Waals surface area contributed by atoms with Gasteiger partial charge >= 0.3 is 0 Å². The average molecular weight is 334 g/mol. The van der Waals surface area contributed by atoms with Crippen LogP contribution < -0.4 is 4.57 Å². The maximum absolute atomic E-state index is 2.33. The largest absolute Gasteiger partial charge is 0.212 e. The summed E-state index contributed by atoms with van der Waals surface area (Å²) in [5.41, 5.74) is 9.34. The van der Waals surface area contributed by atoms with Gasteiger partial charge in [0.25, 0.3) is 0 Å². The smallest absolute Gasteiger partial charge is 0.195 e. The number of para-hydroxylation sites is 1. The summed E-state index contributed by atoms with van der Waals surface area (Å²) in [5, 5.41) is 1.27. The summed E-state index contributed by atoms with van der Waals surface area (Å²) in [6.07, 6.45) is 5.46. The topological polar surface area (TPSA) is 3.88 Å². The third-order valence-corrected chi connectivity index (χ3v) is 5.38. The van der Waals surface area contributed by atoms with E-state index in [1.165, 1.54) is 44.4 Å². The zero-order valence-corrected chi connectivity index (χ0v) is 14.8. The molecule has 1 aromatic heterocycles. The minimum absolute atomic E-state index is 1.04. The van der Waals surface area contributed by atoms with Crippen molar-refractivity contribution in [1.29, 1.82) is 0 Å². The number of fused-ring (bicyclic) bond motifs is 4. The number of aromatic nitrogens is 1. The Kier molecular flexibility index (Phi) is 3.46. The Morgan fingerprint density at radius 1 is 0.731 bits per heavy atom. The van der Waals surface area contributed by atoms with Gasteiger partial charge in [-0.2, -0.15) is 4.57 Å². The van der Waals surface area contributed by atoms with E-state index in [-0.39, 0.29) is 0 Å². The fraction of sp³-hybridized carbons (Fsp3) is 0.0800. The van der Waals surface area contributed by atoms with E-state index in [1.54, 1.807) is 0 Å². The van der Waals surface area contributed by atoms with Gasteiger partial charge in [-0.15, -0.1) is 0 Å². The van der Waals surface area contributed by atoms with Crippen molar-refractivity contribution in [3.8, 4) is 11.1 Å². The first kappa shape index (κ1) is 15.1. The van der Waals surface area contributed by atoms with E-state index in [0.717, 1.165) is 6.42 Å². The van der Waals surface area contributed by atoms with E-state index >= 15 is 0 Å². The summed E-state index contributed by atoms with van der Waals surface area (Å²) < 4.78 is 2.25. The van der Waals surface area contributed by atoms with E-state index in [1.807, 2.05) is 0 Å². The van der Waals surface area contributed by atoms with Crippen molar-refractivity contribution in [1.82, 2.24) is 0 Å². The van der Waals surface area contributed by atoms with Crippen molar-refractivity contribution in [3.63, 3.8) is 0 Å². The molecule has 0 atom stereocenters. The number of pyridine rings is 1. The molecule has 0 fully saturated rings. The highest BCUT2D eigenvalue weighted by molar-refractivity contribution is 5.80. The Hall–Kier alpha value is -3.19. The molecule has 1 aliphatic carbocycles. The molecule has 1 heteroatoms. The van der Waals surface area contributed by atoms with Crippen molar-refractivity contribution in [2.75, 3.05) is 0 Å². The molecule has 0 spiro atoms. The van der Waals surface area contributed by atoms with Crippen LogP contribution in [0.4, 0.5) is 0 Å². The Labute approximate surface area is 153 Å². The Balaban J connectivity index is 1.49. The fourth-order valence-corrected chi connectivity index (χ4v) is 3.98. The van der Waals surface area contributed by atoms with Crippen LogP contribution in [-0.4, -0.2) is 0 Å². The molecule has 26 heavy (non-hydrogen) atoms. The van der Waals surface area contributed by atoms with E-state index < -0.39 is 0 Å². The summed E-state index contributed by atoms with van der Waals surface area (Å²) in [7, 11) is 2.13. The van der Waals surface area contributed by atoms with Crippen LogP contribution in [0.2, 0.25) is 0 Å². The number of benzene rings is 3. The molecule has 0 aliphatic heterocycles. The van der Waals surface area contributed by atoms with Crippen LogP contribution in [0.5, 0.6) is 0 Å². The van der Waals surface area contributed by atoms with Gasteiger partial charge in [0.1, 0.15) is 7.05 Å². The van der Waals surface area contributed by atoms with E-state index in [0.29, 0.717) is 0 Å². The van der Waals surface area contributed by atoms with Crippen molar-refractivity contribution < 1.29 is 4.57 Å². The summed E-state index contributed by atoms with van der Waals surface area (Å²) in [5.74, 6) is 0. The van der Waals surface area contributed by atoms with Crippen LogP contribution in [0, 0.1) is 0 Å². The SMILES string of the molecule is C[n+]1c(/C=C/c2ccc3c(c2)Cc2ccccc2-3)ccc2ccccc21. The molecular formula is C25H20N+. The third kappa shape index (κ3) is 2.44. The van der Waals surface area contributed by atoms with Gasteiger partial charge in [-0.3, -0.25) is 0 Å². The molecule has 4 aromatic rings. The van der Waals surface area contributed by atoms with Gasteiger partial charge in [-0.1, -0.05) is 54.6 Å². The van der Waals surface area contributed by atoms with Crippen LogP contribution in [0.1, 0.15) is 22.4 Å². The van der Waals surface area contributed by atoms with Crippen LogP contribution in [-0.2, 0) is 13.5 Å². The lowest BCUT2D eigenvalue weighted by Crippen LogP contribution is -2.32. The first-order valence-corrected chi connectivity index (χ1v) is 9.07. The highest BCUT2D eigenvalue weighted by atomic mass is 14.9. The average Bonchev–Trinajstić information content (AvgIpc) is 3.05. The molecule has 0 saturated heterocycles. The second kappa shape index (κ2) is 5.96. The Bertz CT molecular complexity index is 1170. The second-order valence-electron chi connectivity index (χ2n) is 6.96. The van der Waals surface area contributed by atoms with Gasteiger partial charge < -0.3 is 0 Å². The Morgan fingerprint density at radius 3 is 2.50 bits per heavy atom. The molecule has 1 aliphatic rings. The maximum Gasteiger partial charge on any atom is 0.212 e. The molecule has 5 rings (SSSR count). The number of aryl methyl sites for hydroxylation is 1. The van der Waals surface area contributed by atoms with Crippen LogP contribution in [0.15, 0.2) is 78.9 Å². The number of hydrogen-bond donors (Lipinski definition) is 0. The molecule has 0 bridgehead atoms. The molecule has 0 amide bonds. The zero-order valence-electron chi connectivity index (χ0n) is 14.8. The van der Waals surface area contributed by atoms with E-state index in [9.17, 15) is 0 Å². The standard InChI is InChI=1S/C25H20N/c1-26-22(14-12-19-6-3-5-9-25(19)26)13-10-18-11-15-24-21(16-18)17-20-7-2-4-8-23(20)24/h2-16H,17H2,1H3/q+1/b13-10+. The van der Waals surface area contributed by atoms with Gasteiger partial charge in [0.2, 0.25) is 11.2 Å². The van der Waals surface area contributed by atoms with E-state index in [2.05, 4.69) is 103 Å². The van der Waals surface area contributed by atoms with Crippen LogP contribution in [0.25, 0.3) is 34.2 Å². The lowest BCUT2D eigenvalue weighted by atomic mass is 10.0. The molecule has 0 saturated carbocycles. The predicted octanol–water partition coefficient (Wildman–Crippen LogP) is 5.41. The lowest BCUT2D eigenvalue weighted by molar-refractivity contribution is -0.646.